The van der Waals surface area contributed by atoms with Crippen LogP contribution in [0.4, 0.5) is 0 Å². The number of rotatable bonds is 4. The molecule has 1 nitrogen and oxygen atoms in total. The van der Waals surface area contributed by atoms with E-state index < -0.39 is 0 Å². The van der Waals surface area contributed by atoms with Crippen molar-refractivity contribution in [1.29, 1.82) is 0 Å². The zero-order valence-corrected chi connectivity index (χ0v) is 8.61. The van der Waals surface area contributed by atoms with Gasteiger partial charge in [-0.15, -0.1) is 11.8 Å². The zero-order valence-electron chi connectivity index (χ0n) is 7.79. The van der Waals surface area contributed by atoms with E-state index in [-0.39, 0.29) is 0 Å². The van der Waals surface area contributed by atoms with Crippen molar-refractivity contribution in [1.82, 2.24) is 0 Å². The van der Waals surface area contributed by atoms with Crippen LogP contribution in [-0.2, 0) is 4.74 Å². The van der Waals surface area contributed by atoms with Gasteiger partial charge in [-0.2, -0.15) is 0 Å². The lowest BCUT2D eigenvalue weighted by atomic mass is 9.90. The average Bonchev–Trinajstić information content (AvgIpc) is 2.65. The first kappa shape index (κ1) is 8.89. The highest BCUT2D eigenvalue weighted by atomic mass is 32.2. The van der Waals surface area contributed by atoms with Crippen LogP contribution >= 0.6 is 11.8 Å². The Morgan fingerprint density at radius 2 is 2.25 bits per heavy atom. The molecule has 3 atom stereocenters. The fraction of sp³-hybridized carbons (Fsp3) is 1.00. The third kappa shape index (κ3) is 1.80. The van der Waals surface area contributed by atoms with Crippen molar-refractivity contribution >= 4 is 11.8 Å². The Morgan fingerprint density at radius 1 is 1.33 bits per heavy atom. The average molecular weight is 186 g/mol. The van der Waals surface area contributed by atoms with Crippen LogP contribution in [0, 0.1) is 17.8 Å². The van der Waals surface area contributed by atoms with E-state index in [0.717, 1.165) is 30.3 Å². The zero-order chi connectivity index (χ0) is 8.39. The fourth-order valence-corrected chi connectivity index (χ4v) is 3.13. The monoisotopic (exact) mass is 186 g/mol. The van der Waals surface area contributed by atoms with Gasteiger partial charge in [0.15, 0.2) is 0 Å². The molecule has 2 aliphatic rings. The summed E-state index contributed by atoms with van der Waals surface area (Å²) in [6.07, 6.45) is 8.05. The number of thioether (sulfide) groups is 1. The first-order valence-electron chi connectivity index (χ1n) is 4.97. The van der Waals surface area contributed by atoms with Gasteiger partial charge in [0, 0.05) is 0 Å². The molecule has 2 unspecified atom stereocenters. The summed E-state index contributed by atoms with van der Waals surface area (Å²) >= 11 is 1.78. The molecule has 2 aliphatic carbocycles. The molecular formula is C10H18OS. The van der Waals surface area contributed by atoms with Gasteiger partial charge in [0.1, 0.15) is 0 Å². The van der Waals surface area contributed by atoms with E-state index in [4.69, 9.17) is 4.74 Å². The molecule has 2 bridgehead atoms. The Bertz CT molecular complexity index is 149. The van der Waals surface area contributed by atoms with Gasteiger partial charge in [0.2, 0.25) is 0 Å². The fourth-order valence-electron chi connectivity index (χ4n) is 2.86. The molecule has 70 valence electrons. The van der Waals surface area contributed by atoms with E-state index in [1.54, 1.807) is 11.8 Å². The second-order valence-corrected chi connectivity index (χ2v) is 5.03. The molecule has 0 aromatic carbocycles. The maximum Gasteiger partial charge on any atom is 0.0918 e. The summed E-state index contributed by atoms with van der Waals surface area (Å²) in [7, 11) is 0. The second kappa shape index (κ2) is 4.01. The van der Waals surface area contributed by atoms with E-state index in [1.165, 1.54) is 25.7 Å². The third-order valence-electron chi connectivity index (χ3n) is 3.42. The molecule has 2 fully saturated rings. The van der Waals surface area contributed by atoms with Gasteiger partial charge in [-0.25, -0.2) is 0 Å². The highest BCUT2D eigenvalue weighted by Crippen LogP contribution is 2.48. The largest absolute Gasteiger partial charge is 0.371 e. The number of fused-ring (bicyclic) bond motifs is 2. The molecule has 0 aromatic rings. The van der Waals surface area contributed by atoms with Crippen molar-refractivity contribution in [2.75, 3.05) is 18.8 Å². The Kier molecular flexibility index (Phi) is 2.97. The van der Waals surface area contributed by atoms with Crippen molar-refractivity contribution in [2.45, 2.75) is 25.7 Å². The van der Waals surface area contributed by atoms with Crippen LogP contribution in [0.15, 0.2) is 0 Å². The minimum atomic E-state index is 0.883. The van der Waals surface area contributed by atoms with Crippen LogP contribution in [0.1, 0.15) is 25.7 Å². The standard InChI is InChI=1S/C10H18OS/c1-12-7-11-6-10-5-8-2-3-9(10)4-8/h8-10H,2-7H2,1H3/t8?,9?,10-/m1/s1. The van der Waals surface area contributed by atoms with Gasteiger partial charge in [-0.1, -0.05) is 6.42 Å². The molecule has 0 amide bonds. The second-order valence-electron chi connectivity index (χ2n) is 4.21. The lowest BCUT2D eigenvalue weighted by molar-refractivity contribution is 0.112. The molecule has 0 aliphatic heterocycles. The van der Waals surface area contributed by atoms with Gasteiger partial charge >= 0.3 is 0 Å². The first-order valence-corrected chi connectivity index (χ1v) is 6.36. The maximum atomic E-state index is 5.58. The molecule has 0 heterocycles. The molecule has 0 spiro atoms. The smallest absolute Gasteiger partial charge is 0.0918 e. The normalized spacial score (nSPS) is 39.2. The Labute approximate surface area is 79.2 Å². The van der Waals surface area contributed by atoms with Crippen LogP contribution < -0.4 is 0 Å². The van der Waals surface area contributed by atoms with E-state index >= 15 is 0 Å². The van der Waals surface area contributed by atoms with Crippen LogP contribution in [0.5, 0.6) is 0 Å². The molecule has 0 N–H and O–H groups in total. The lowest BCUT2D eigenvalue weighted by Crippen LogP contribution is -2.16. The van der Waals surface area contributed by atoms with E-state index in [0.29, 0.717) is 0 Å². The van der Waals surface area contributed by atoms with Gasteiger partial charge in [0.25, 0.3) is 0 Å². The minimum Gasteiger partial charge on any atom is -0.371 e. The first-order chi connectivity index (χ1) is 5.90. The Morgan fingerprint density at radius 3 is 2.83 bits per heavy atom. The summed E-state index contributed by atoms with van der Waals surface area (Å²) in [5, 5.41) is 0. The third-order valence-corrected chi connectivity index (χ3v) is 3.82. The van der Waals surface area contributed by atoms with Gasteiger partial charge in [0.05, 0.1) is 12.5 Å². The Hall–Kier alpha value is 0.310. The number of ether oxygens (including phenoxy) is 1. The summed E-state index contributed by atoms with van der Waals surface area (Å²) in [4.78, 5) is 0. The molecular weight excluding hydrogens is 168 g/mol. The van der Waals surface area contributed by atoms with E-state index in [9.17, 15) is 0 Å². The van der Waals surface area contributed by atoms with Crippen molar-refractivity contribution in [3.05, 3.63) is 0 Å². The topological polar surface area (TPSA) is 9.23 Å². The quantitative estimate of drug-likeness (QED) is 0.493. The van der Waals surface area contributed by atoms with Gasteiger partial charge in [-0.3, -0.25) is 0 Å². The minimum absolute atomic E-state index is 0.883. The van der Waals surface area contributed by atoms with Crippen molar-refractivity contribution in [2.24, 2.45) is 17.8 Å². The SMILES string of the molecule is CSCOC[C@H]1CC2CCC1C2. The van der Waals surface area contributed by atoms with Gasteiger partial charge in [-0.05, 0) is 43.3 Å². The molecule has 0 aromatic heterocycles. The summed E-state index contributed by atoms with van der Waals surface area (Å²) in [5.74, 6) is 3.89. The predicted octanol–water partition coefficient (Wildman–Crippen LogP) is 2.76. The molecule has 2 rings (SSSR count). The van der Waals surface area contributed by atoms with E-state index in [2.05, 4.69) is 6.26 Å². The highest BCUT2D eigenvalue weighted by molar-refractivity contribution is 7.98. The van der Waals surface area contributed by atoms with Crippen molar-refractivity contribution in [3.8, 4) is 0 Å². The molecule has 0 saturated heterocycles. The summed E-state index contributed by atoms with van der Waals surface area (Å²) < 4.78 is 5.58. The van der Waals surface area contributed by atoms with Crippen LogP contribution in [0.3, 0.4) is 0 Å². The number of hydrogen-bond donors (Lipinski definition) is 0. The van der Waals surface area contributed by atoms with Crippen LogP contribution in [0.25, 0.3) is 0 Å². The predicted molar refractivity (Wildman–Crippen MR) is 53.3 cm³/mol. The Balaban J connectivity index is 1.69. The molecule has 2 heteroatoms. The highest BCUT2D eigenvalue weighted by Gasteiger charge is 2.39. The number of hydrogen-bond acceptors (Lipinski definition) is 2. The van der Waals surface area contributed by atoms with Crippen LogP contribution in [-0.4, -0.2) is 18.8 Å². The van der Waals surface area contributed by atoms with Gasteiger partial charge < -0.3 is 4.74 Å². The lowest BCUT2D eigenvalue weighted by Gasteiger charge is -2.20. The summed E-state index contributed by atoms with van der Waals surface area (Å²) in [6, 6.07) is 0. The maximum absolute atomic E-state index is 5.58. The molecule has 2 saturated carbocycles. The van der Waals surface area contributed by atoms with Crippen LogP contribution in [0.2, 0.25) is 0 Å². The summed E-state index contributed by atoms with van der Waals surface area (Å²) in [6.45, 7) is 1.03. The van der Waals surface area contributed by atoms with Crippen molar-refractivity contribution < 1.29 is 4.74 Å². The molecule has 0 radical (unpaired) electrons. The molecule has 12 heavy (non-hydrogen) atoms. The van der Waals surface area contributed by atoms with Crippen molar-refractivity contribution in [3.63, 3.8) is 0 Å². The van der Waals surface area contributed by atoms with E-state index in [1.807, 2.05) is 0 Å². The summed E-state index contributed by atoms with van der Waals surface area (Å²) in [5.41, 5.74) is 0.